The molecule has 1 aromatic rings. The number of phenolic OH excluding ortho intramolecular Hbond substituents is 1. The second-order valence-corrected chi connectivity index (χ2v) is 6.93. The summed E-state index contributed by atoms with van der Waals surface area (Å²) in [6.45, 7) is 1.30. The number of rotatable bonds is 7. The van der Waals surface area contributed by atoms with Crippen LogP contribution in [0.3, 0.4) is 0 Å². The zero-order valence-electron chi connectivity index (χ0n) is 14.9. The summed E-state index contributed by atoms with van der Waals surface area (Å²) in [4.78, 5) is 47.2. The largest absolute Gasteiger partial charge is 0.507 e. The van der Waals surface area contributed by atoms with E-state index in [0.717, 1.165) is 4.90 Å². The highest BCUT2D eigenvalue weighted by atomic mass is 16.5. The van der Waals surface area contributed by atoms with E-state index in [1.807, 2.05) is 0 Å². The Bertz CT molecular complexity index is 878. The van der Waals surface area contributed by atoms with E-state index in [9.17, 15) is 29.4 Å². The second kappa shape index (κ2) is 7.02. The fourth-order valence-corrected chi connectivity index (χ4v) is 3.55. The molecule has 4 N–H and O–H groups in total. The van der Waals surface area contributed by atoms with Crippen molar-refractivity contribution in [2.24, 2.45) is 5.92 Å². The van der Waals surface area contributed by atoms with Crippen LogP contribution in [0.15, 0.2) is 6.07 Å². The van der Waals surface area contributed by atoms with Gasteiger partial charge in [-0.05, 0) is 19.4 Å². The molecule has 10 heteroatoms. The first-order chi connectivity index (χ1) is 13.1. The van der Waals surface area contributed by atoms with E-state index in [2.05, 4.69) is 0 Å². The van der Waals surface area contributed by atoms with Gasteiger partial charge in [0.2, 0.25) is 0 Å². The minimum absolute atomic E-state index is 0.0708. The Morgan fingerprint density at radius 1 is 1.21 bits per heavy atom. The van der Waals surface area contributed by atoms with Crippen molar-refractivity contribution in [1.82, 2.24) is 4.90 Å². The number of hydrogen-bond acceptors (Lipinski definition) is 6. The van der Waals surface area contributed by atoms with E-state index in [-0.39, 0.29) is 42.0 Å². The van der Waals surface area contributed by atoms with Gasteiger partial charge in [-0.3, -0.25) is 14.4 Å². The van der Waals surface area contributed by atoms with Gasteiger partial charge in [-0.25, -0.2) is 4.79 Å². The highest BCUT2D eigenvalue weighted by Gasteiger charge is 2.42. The molecule has 0 fully saturated rings. The summed E-state index contributed by atoms with van der Waals surface area (Å²) in [5.74, 6) is -5.04. The topological polar surface area (TPSA) is 162 Å². The fourth-order valence-electron chi connectivity index (χ4n) is 3.55. The molecule has 2 aliphatic rings. The normalized spacial score (nSPS) is 19.5. The lowest BCUT2D eigenvalue weighted by Crippen LogP contribution is -2.41. The number of aliphatic carboxylic acids is 3. The van der Waals surface area contributed by atoms with Crippen molar-refractivity contribution in [2.45, 2.75) is 44.9 Å². The van der Waals surface area contributed by atoms with Crippen molar-refractivity contribution in [2.75, 3.05) is 0 Å². The van der Waals surface area contributed by atoms with Gasteiger partial charge in [-0.15, -0.1) is 0 Å². The average molecular weight is 393 g/mol. The molecular weight excluding hydrogens is 374 g/mol. The van der Waals surface area contributed by atoms with Crippen molar-refractivity contribution < 1.29 is 44.3 Å². The standard InChI is InChI=1S/C18H19NO9/c1-7(17(24)25)12-5-9-13(28-12)4-8-10(15(9)22)6-19(16(8)23)11(18(26)27)2-3-14(20)21/h4,7,11-12,22H,2-3,5-6H2,1H3,(H,20,21)(H,24,25)(H,26,27)/t7-,11-,12+/m1/s1. The van der Waals surface area contributed by atoms with E-state index < -0.39 is 48.3 Å². The van der Waals surface area contributed by atoms with Gasteiger partial charge in [0.25, 0.3) is 5.91 Å². The third-order valence-electron chi connectivity index (χ3n) is 5.21. The maximum absolute atomic E-state index is 12.7. The molecule has 2 aliphatic heterocycles. The Kier molecular flexibility index (Phi) is 4.88. The maximum atomic E-state index is 12.7. The molecule has 10 nitrogen and oxygen atoms in total. The number of fused-ring (bicyclic) bond motifs is 2. The molecule has 0 saturated carbocycles. The summed E-state index contributed by atoms with van der Waals surface area (Å²) in [5, 5.41) is 37.9. The molecule has 0 spiro atoms. The van der Waals surface area contributed by atoms with E-state index in [1.165, 1.54) is 13.0 Å². The van der Waals surface area contributed by atoms with E-state index >= 15 is 0 Å². The predicted octanol–water partition coefficient (Wildman–Crippen LogP) is 0.690. The molecule has 0 unspecified atom stereocenters. The highest BCUT2D eigenvalue weighted by Crippen LogP contribution is 2.44. The Labute approximate surface area is 158 Å². The van der Waals surface area contributed by atoms with Crippen LogP contribution >= 0.6 is 0 Å². The van der Waals surface area contributed by atoms with E-state index in [1.54, 1.807) is 0 Å². The summed E-state index contributed by atoms with van der Waals surface area (Å²) in [6, 6.07) is 0.0446. The molecular formula is C18H19NO9. The first-order valence-corrected chi connectivity index (χ1v) is 8.64. The first kappa shape index (κ1) is 19.5. The number of carboxylic acids is 3. The number of carbonyl (C=O) groups excluding carboxylic acids is 1. The number of phenols is 1. The molecule has 0 bridgehead atoms. The van der Waals surface area contributed by atoms with Gasteiger partial charge in [0.1, 0.15) is 23.6 Å². The van der Waals surface area contributed by atoms with Crippen molar-refractivity contribution in [3.8, 4) is 11.5 Å². The zero-order chi connectivity index (χ0) is 20.7. The van der Waals surface area contributed by atoms with Crippen LogP contribution in [-0.2, 0) is 27.3 Å². The molecule has 1 amide bonds. The summed E-state index contributed by atoms with van der Waals surface area (Å²) in [7, 11) is 0. The second-order valence-electron chi connectivity index (χ2n) is 6.93. The average Bonchev–Trinajstić information content (AvgIpc) is 3.17. The Morgan fingerprint density at radius 3 is 2.46 bits per heavy atom. The number of carboxylic acid groups (broad SMARTS) is 3. The molecule has 0 aliphatic carbocycles. The van der Waals surface area contributed by atoms with Crippen LogP contribution in [0, 0.1) is 5.92 Å². The van der Waals surface area contributed by atoms with Gasteiger partial charge >= 0.3 is 17.9 Å². The molecule has 0 aromatic heterocycles. The SMILES string of the molecule is C[C@@H](C(=O)O)[C@@H]1Cc2c(cc3c(c2O)CN([C@H](CCC(=O)O)C(=O)O)C3=O)O1. The lowest BCUT2D eigenvalue weighted by Gasteiger charge is -2.23. The first-order valence-electron chi connectivity index (χ1n) is 8.64. The van der Waals surface area contributed by atoms with Crippen LogP contribution in [0.4, 0.5) is 0 Å². The van der Waals surface area contributed by atoms with Gasteiger partial charge in [-0.1, -0.05) is 0 Å². The maximum Gasteiger partial charge on any atom is 0.326 e. The zero-order valence-corrected chi connectivity index (χ0v) is 14.9. The van der Waals surface area contributed by atoms with Crippen LogP contribution in [0.2, 0.25) is 0 Å². The van der Waals surface area contributed by atoms with Crippen molar-refractivity contribution in [3.05, 3.63) is 22.8 Å². The van der Waals surface area contributed by atoms with Gasteiger partial charge in [0.05, 0.1) is 18.0 Å². The van der Waals surface area contributed by atoms with E-state index in [0.29, 0.717) is 5.56 Å². The Balaban J connectivity index is 1.88. The monoisotopic (exact) mass is 393 g/mol. The Hall–Kier alpha value is -3.30. The van der Waals surface area contributed by atoms with Crippen LogP contribution in [0.25, 0.3) is 0 Å². The van der Waals surface area contributed by atoms with Crippen LogP contribution in [-0.4, -0.2) is 61.3 Å². The molecule has 1 aromatic carbocycles. The summed E-state index contributed by atoms with van der Waals surface area (Å²) < 4.78 is 5.60. The molecule has 28 heavy (non-hydrogen) atoms. The fraction of sp³-hybridized carbons (Fsp3) is 0.444. The van der Waals surface area contributed by atoms with Gasteiger partial charge in [0, 0.05) is 24.0 Å². The number of carbonyl (C=O) groups is 4. The third-order valence-corrected chi connectivity index (χ3v) is 5.21. The van der Waals surface area contributed by atoms with Crippen molar-refractivity contribution in [3.63, 3.8) is 0 Å². The molecule has 150 valence electrons. The van der Waals surface area contributed by atoms with Gasteiger partial charge in [-0.2, -0.15) is 0 Å². The number of amides is 1. The lowest BCUT2D eigenvalue weighted by atomic mass is 9.97. The van der Waals surface area contributed by atoms with Crippen LogP contribution in [0.5, 0.6) is 11.5 Å². The quantitative estimate of drug-likeness (QED) is 0.522. The van der Waals surface area contributed by atoms with Crippen molar-refractivity contribution in [1.29, 1.82) is 0 Å². The predicted molar refractivity (Wildman–Crippen MR) is 91.2 cm³/mol. The number of aromatic hydroxyl groups is 1. The van der Waals surface area contributed by atoms with Crippen LogP contribution in [0.1, 0.15) is 41.3 Å². The molecule has 3 atom stereocenters. The number of benzene rings is 1. The minimum Gasteiger partial charge on any atom is -0.507 e. The Morgan fingerprint density at radius 2 is 1.89 bits per heavy atom. The van der Waals surface area contributed by atoms with Gasteiger partial charge < -0.3 is 30.1 Å². The summed E-state index contributed by atoms with van der Waals surface area (Å²) >= 11 is 0. The smallest absolute Gasteiger partial charge is 0.326 e. The minimum atomic E-state index is -1.34. The molecule has 3 rings (SSSR count). The number of ether oxygens (including phenoxy) is 1. The number of hydrogen-bond donors (Lipinski definition) is 4. The summed E-state index contributed by atoms with van der Waals surface area (Å²) in [6.07, 6.45) is -1.22. The van der Waals surface area contributed by atoms with E-state index in [4.69, 9.17) is 14.9 Å². The highest BCUT2D eigenvalue weighted by molar-refractivity contribution is 6.02. The van der Waals surface area contributed by atoms with Gasteiger partial charge in [0.15, 0.2) is 0 Å². The third kappa shape index (κ3) is 3.21. The number of nitrogens with zero attached hydrogens (tertiary/aromatic N) is 1. The lowest BCUT2D eigenvalue weighted by molar-refractivity contribution is -0.145. The van der Waals surface area contributed by atoms with Crippen LogP contribution < -0.4 is 4.74 Å². The summed E-state index contributed by atoms with van der Waals surface area (Å²) in [5.41, 5.74) is 0.683. The van der Waals surface area contributed by atoms with Crippen molar-refractivity contribution >= 4 is 23.8 Å². The molecule has 0 saturated heterocycles. The molecule has 2 heterocycles. The molecule has 0 radical (unpaired) electrons.